The Morgan fingerprint density at radius 2 is 1.94 bits per heavy atom. The molecule has 0 aliphatic carbocycles. The maximum absolute atomic E-state index is 5.27. The summed E-state index contributed by atoms with van der Waals surface area (Å²) in [6.45, 7) is 0.958. The van der Waals surface area contributed by atoms with Crippen LogP contribution in [-0.4, -0.2) is 14.9 Å². The lowest BCUT2D eigenvalue weighted by Gasteiger charge is -2.02. The van der Waals surface area contributed by atoms with Gasteiger partial charge in [0.25, 0.3) is 0 Å². The lowest BCUT2D eigenvalue weighted by Crippen LogP contribution is -2.00. The summed E-state index contributed by atoms with van der Waals surface area (Å²) in [4.78, 5) is 1.31. The number of benzene rings is 1. The van der Waals surface area contributed by atoms with Crippen LogP contribution in [0.15, 0.2) is 47.6 Å². The van der Waals surface area contributed by atoms with Crippen LogP contribution in [0.4, 0.5) is 0 Å². The van der Waals surface area contributed by atoms with Crippen molar-refractivity contribution in [1.82, 2.24) is 9.13 Å². The van der Waals surface area contributed by atoms with Gasteiger partial charge in [-0.2, -0.15) is 0 Å². The third kappa shape index (κ3) is 2.77. The molecule has 1 aromatic heterocycles. The Hall–Kier alpha value is -1.00. The van der Waals surface area contributed by atoms with Crippen molar-refractivity contribution in [3.05, 3.63) is 47.5 Å². The average molecular weight is 250 g/mol. The van der Waals surface area contributed by atoms with Gasteiger partial charge in [0, 0.05) is 36.6 Å². The Morgan fingerprint density at radius 3 is 2.56 bits per heavy atom. The van der Waals surface area contributed by atoms with Crippen LogP contribution in [0, 0.1) is 4.77 Å². The van der Waals surface area contributed by atoms with Gasteiger partial charge in [0.05, 0.1) is 0 Å². The second kappa shape index (κ2) is 5.37. The second-order valence-electron chi connectivity index (χ2n) is 3.55. The predicted molar refractivity (Wildman–Crippen MR) is 71.4 cm³/mol. The summed E-state index contributed by atoms with van der Waals surface area (Å²) in [7, 11) is 1.98. The summed E-state index contributed by atoms with van der Waals surface area (Å²) in [6.07, 6.45) is 4.03. The molecule has 0 radical (unpaired) electrons. The zero-order valence-corrected chi connectivity index (χ0v) is 10.8. The van der Waals surface area contributed by atoms with E-state index in [1.54, 1.807) is 0 Å². The molecule has 84 valence electrons. The van der Waals surface area contributed by atoms with Crippen LogP contribution in [0.3, 0.4) is 0 Å². The maximum atomic E-state index is 5.27. The van der Waals surface area contributed by atoms with Gasteiger partial charge < -0.3 is 9.13 Å². The topological polar surface area (TPSA) is 9.86 Å². The fourth-order valence-corrected chi connectivity index (χ4v) is 2.55. The molecular weight excluding hydrogens is 236 g/mol. The molecule has 0 fully saturated rings. The summed E-state index contributed by atoms with van der Waals surface area (Å²) in [5.74, 6) is 1.04. The van der Waals surface area contributed by atoms with Crippen molar-refractivity contribution in [1.29, 1.82) is 0 Å². The molecule has 4 heteroatoms. The van der Waals surface area contributed by atoms with Crippen LogP contribution in [-0.2, 0) is 13.6 Å². The van der Waals surface area contributed by atoms with Crippen molar-refractivity contribution >= 4 is 24.0 Å². The Morgan fingerprint density at radius 1 is 1.19 bits per heavy atom. The van der Waals surface area contributed by atoms with E-state index in [2.05, 4.69) is 28.8 Å². The minimum Gasteiger partial charge on any atom is -0.327 e. The Kier molecular flexibility index (Phi) is 3.85. The molecule has 0 aliphatic rings. The molecule has 2 rings (SSSR count). The average Bonchev–Trinajstić information content (AvgIpc) is 2.62. The maximum Gasteiger partial charge on any atom is 0.179 e. The predicted octanol–water partition coefficient (Wildman–Crippen LogP) is 3.35. The first-order valence-corrected chi connectivity index (χ1v) is 6.56. The monoisotopic (exact) mass is 250 g/mol. The van der Waals surface area contributed by atoms with Gasteiger partial charge >= 0.3 is 0 Å². The highest BCUT2D eigenvalue weighted by molar-refractivity contribution is 7.99. The molecule has 0 spiro atoms. The minimum absolute atomic E-state index is 0.883. The van der Waals surface area contributed by atoms with Crippen LogP contribution in [0.2, 0.25) is 0 Å². The lowest BCUT2D eigenvalue weighted by atomic mass is 10.4. The molecular formula is C12H14N2S2. The van der Waals surface area contributed by atoms with E-state index < -0.39 is 0 Å². The zero-order chi connectivity index (χ0) is 11.4. The van der Waals surface area contributed by atoms with E-state index in [1.165, 1.54) is 4.90 Å². The number of aromatic nitrogens is 2. The van der Waals surface area contributed by atoms with E-state index in [9.17, 15) is 0 Å². The normalized spacial score (nSPS) is 10.6. The van der Waals surface area contributed by atoms with E-state index in [0.29, 0.717) is 0 Å². The molecule has 0 saturated heterocycles. The van der Waals surface area contributed by atoms with Crippen molar-refractivity contribution in [2.45, 2.75) is 11.4 Å². The number of thioether (sulfide) groups is 1. The molecule has 0 saturated carbocycles. The summed E-state index contributed by atoms with van der Waals surface area (Å²) in [5.41, 5.74) is 0. The largest absolute Gasteiger partial charge is 0.327 e. The summed E-state index contributed by atoms with van der Waals surface area (Å²) < 4.78 is 4.95. The zero-order valence-electron chi connectivity index (χ0n) is 9.17. The number of imidazole rings is 1. The molecule has 16 heavy (non-hydrogen) atoms. The summed E-state index contributed by atoms with van der Waals surface area (Å²) >= 11 is 7.13. The van der Waals surface area contributed by atoms with Gasteiger partial charge in [0.1, 0.15) is 0 Å². The van der Waals surface area contributed by atoms with Gasteiger partial charge in [0.15, 0.2) is 4.77 Å². The van der Waals surface area contributed by atoms with E-state index in [1.807, 2.05) is 41.8 Å². The molecule has 0 N–H and O–H groups in total. The van der Waals surface area contributed by atoms with Gasteiger partial charge in [-0.15, -0.1) is 11.8 Å². The van der Waals surface area contributed by atoms with Crippen molar-refractivity contribution < 1.29 is 0 Å². The summed E-state index contributed by atoms with van der Waals surface area (Å²) in [6, 6.07) is 10.4. The Labute approximate surface area is 105 Å². The standard InChI is InChI=1S/C12H14N2S2/c1-13-7-8-14(12(13)15)9-10-16-11-5-3-2-4-6-11/h2-8H,9-10H2,1H3. The Balaban J connectivity index is 1.90. The van der Waals surface area contributed by atoms with E-state index in [-0.39, 0.29) is 0 Å². The Bertz CT molecular complexity index is 499. The van der Waals surface area contributed by atoms with Crippen LogP contribution < -0.4 is 0 Å². The van der Waals surface area contributed by atoms with Crippen molar-refractivity contribution in [3.63, 3.8) is 0 Å². The lowest BCUT2D eigenvalue weighted by molar-refractivity contribution is 0.728. The van der Waals surface area contributed by atoms with Gasteiger partial charge in [-0.25, -0.2) is 0 Å². The van der Waals surface area contributed by atoms with Crippen LogP contribution >= 0.6 is 24.0 Å². The van der Waals surface area contributed by atoms with Gasteiger partial charge in [-0.3, -0.25) is 0 Å². The minimum atomic E-state index is 0.883. The number of hydrogen-bond acceptors (Lipinski definition) is 2. The molecule has 1 aromatic carbocycles. The molecule has 0 atom stereocenters. The van der Waals surface area contributed by atoms with Crippen molar-refractivity contribution in [3.8, 4) is 0 Å². The van der Waals surface area contributed by atoms with E-state index >= 15 is 0 Å². The van der Waals surface area contributed by atoms with Gasteiger partial charge in [0.2, 0.25) is 0 Å². The third-order valence-electron chi connectivity index (χ3n) is 2.36. The molecule has 1 heterocycles. The highest BCUT2D eigenvalue weighted by Crippen LogP contribution is 2.17. The number of rotatable bonds is 4. The highest BCUT2D eigenvalue weighted by atomic mass is 32.2. The quantitative estimate of drug-likeness (QED) is 0.608. The van der Waals surface area contributed by atoms with Crippen LogP contribution in [0.5, 0.6) is 0 Å². The highest BCUT2D eigenvalue weighted by Gasteiger charge is 1.97. The molecule has 0 unspecified atom stereocenters. The molecule has 2 aromatic rings. The molecule has 0 bridgehead atoms. The van der Waals surface area contributed by atoms with Gasteiger partial charge in [-0.05, 0) is 24.4 Å². The smallest absolute Gasteiger partial charge is 0.179 e. The number of hydrogen-bond donors (Lipinski definition) is 0. The first kappa shape index (κ1) is 11.5. The first-order chi connectivity index (χ1) is 7.77. The van der Waals surface area contributed by atoms with E-state index in [0.717, 1.165) is 17.1 Å². The van der Waals surface area contributed by atoms with Crippen molar-refractivity contribution in [2.75, 3.05) is 5.75 Å². The summed E-state index contributed by atoms with van der Waals surface area (Å²) in [5, 5.41) is 0. The first-order valence-electron chi connectivity index (χ1n) is 5.17. The van der Waals surface area contributed by atoms with E-state index in [4.69, 9.17) is 12.2 Å². The third-order valence-corrected chi connectivity index (χ3v) is 3.88. The number of nitrogens with zero attached hydrogens (tertiary/aromatic N) is 2. The fourth-order valence-electron chi connectivity index (χ4n) is 1.46. The van der Waals surface area contributed by atoms with Gasteiger partial charge in [-0.1, -0.05) is 18.2 Å². The number of aryl methyl sites for hydroxylation is 2. The molecule has 0 amide bonds. The second-order valence-corrected chi connectivity index (χ2v) is 5.08. The van der Waals surface area contributed by atoms with Crippen LogP contribution in [0.1, 0.15) is 0 Å². The van der Waals surface area contributed by atoms with Crippen molar-refractivity contribution in [2.24, 2.45) is 7.05 Å². The molecule has 0 aliphatic heterocycles. The van der Waals surface area contributed by atoms with Crippen LogP contribution in [0.25, 0.3) is 0 Å². The fraction of sp³-hybridized carbons (Fsp3) is 0.250. The molecule has 2 nitrogen and oxygen atoms in total. The SMILES string of the molecule is Cn1ccn(CCSc2ccccc2)c1=S.